The van der Waals surface area contributed by atoms with Crippen LogP contribution in [0.25, 0.3) is 11.1 Å². The minimum absolute atomic E-state index is 0.0272. The number of carboxylic acid groups (broad SMARTS) is 1. The van der Waals surface area contributed by atoms with Gasteiger partial charge in [-0.15, -0.1) is 0 Å². The van der Waals surface area contributed by atoms with Crippen molar-refractivity contribution in [1.82, 2.24) is 20.4 Å². The number of amides is 4. The van der Waals surface area contributed by atoms with Gasteiger partial charge in [-0.25, -0.2) is 4.79 Å². The van der Waals surface area contributed by atoms with Crippen molar-refractivity contribution >= 4 is 41.2 Å². The van der Waals surface area contributed by atoms with Crippen molar-refractivity contribution in [1.29, 1.82) is 0 Å². The molecule has 0 saturated carbocycles. The SMILES string of the molecule is C[C@@H]1CC(=O)[C@@H](N(C)C(=O)CCC(=O)[C@@H](C)NC(=O)[C@@H](CO)N(C)C(=O)c2ccc(-c3ccccc3)cc2)[C@H]2C=CC(O)=C(C2)C2=CC(=CCC2O)C[C@@H](C(=O)O)NC1=O. The molecule has 0 spiro atoms. The van der Waals surface area contributed by atoms with Crippen LogP contribution in [0.4, 0.5) is 0 Å². The standard InChI is InChI=1S/C45H52N4O11/c1-25-20-39(54)41(31-15-17-38(53)33(23-31)32-21-27(10-16-37(32)52)22-34(45(59)60)47-42(25)56)49(4)40(55)19-18-36(51)26(2)46-43(57)35(24-50)48(3)44(58)30-13-11-29(12-14-30)28-8-6-5-7-9-28/h5-15,17,21,25-26,31,34-35,37,41,50,52-53H,16,18-20,22-24H2,1-4H3,(H,46,57)(H,47,56)(H,59,60)/t25-,26-,31+,34+,35-,37?,41+/m1/s1. The number of benzene rings is 2. The Morgan fingerprint density at radius 2 is 1.60 bits per heavy atom. The van der Waals surface area contributed by atoms with Crippen molar-refractivity contribution in [2.24, 2.45) is 11.8 Å². The van der Waals surface area contributed by atoms with Gasteiger partial charge in [-0.1, -0.05) is 67.6 Å². The number of aliphatic hydroxyl groups excluding tert-OH is 3. The molecule has 1 aliphatic heterocycles. The Kier molecular flexibility index (Phi) is 14.7. The average molecular weight is 825 g/mol. The summed E-state index contributed by atoms with van der Waals surface area (Å²) in [5.41, 5.74) is 3.33. The van der Waals surface area contributed by atoms with Crippen LogP contribution >= 0.6 is 0 Å². The predicted octanol–water partition coefficient (Wildman–Crippen LogP) is 3.04. The quantitative estimate of drug-likeness (QED) is 0.182. The van der Waals surface area contributed by atoms with Gasteiger partial charge in [-0.3, -0.25) is 28.8 Å². The highest BCUT2D eigenvalue weighted by Crippen LogP contribution is 2.37. The van der Waals surface area contributed by atoms with E-state index in [1.807, 2.05) is 30.3 Å². The number of nitrogens with zero attached hydrogens (tertiary/aromatic N) is 2. The van der Waals surface area contributed by atoms with Crippen LogP contribution in [-0.2, 0) is 28.8 Å². The van der Waals surface area contributed by atoms with Crippen LogP contribution in [-0.4, -0.2) is 122 Å². The first-order valence-corrected chi connectivity index (χ1v) is 19.9. The number of rotatable bonds is 12. The summed E-state index contributed by atoms with van der Waals surface area (Å²) in [4.78, 5) is 95.2. The molecule has 318 valence electrons. The summed E-state index contributed by atoms with van der Waals surface area (Å²) in [6.07, 6.45) is 4.17. The summed E-state index contributed by atoms with van der Waals surface area (Å²) in [5.74, 6) is -6.75. The van der Waals surface area contributed by atoms with Crippen molar-refractivity contribution in [3.05, 3.63) is 107 Å². The molecule has 3 aliphatic rings. The molecule has 5 rings (SSSR count). The molecule has 4 amide bonds. The number of hydrogen-bond acceptors (Lipinski definition) is 10. The van der Waals surface area contributed by atoms with Gasteiger partial charge in [-0.2, -0.15) is 0 Å². The Balaban J connectivity index is 1.25. The number of fused-ring (bicyclic) bond motifs is 4. The lowest BCUT2D eigenvalue weighted by Crippen LogP contribution is -2.53. The molecule has 7 atom stereocenters. The van der Waals surface area contributed by atoms with Gasteiger partial charge in [0.15, 0.2) is 11.6 Å². The Morgan fingerprint density at radius 3 is 2.25 bits per heavy atom. The summed E-state index contributed by atoms with van der Waals surface area (Å²) in [6, 6.07) is 11.4. The van der Waals surface area contributed by atoms with Gasteiger partial charge >= 0.3 is 5.97 Å². The van der Waals surface area contributed by atoms with Crippen LogP contribution in [0, 0.1) is 11.8 Å². The van der Waals surface area contributed by atoms with Crippen LogP contribution < -0.4 is 10.6 Å². The number of carboxylic acids is 1. The first kappa shape index (κ1) is 44.9. The molecule has 15 nitrogen and oxygen atoms in total. The molecule has 2 aromatic carbocycles. The van der Waals surface area contributed by atoms with Crippen molar-refractivity contribution in [2.45, 2.75) is 82.6 Å². The number of allylic oxidation sites excluding steroid dienone is 2. The zero-order valence-electron chi connectivity index (χ0n) is 34.0. The van der Waals surface area contributed by atoms with E-state index in [0.717, 1.165) is 16.0 Å². The van der Waals surface area contributed by atoms with Gasteiger partial charge in [0.05, 0.1) is 24.8 Å². The first-order valence-electron chi connectivity index (χ1n) is 19.9. The topological polar surface area (TPSA) is 231 Å². The molecule has 1 unspecified atom stereocenters. The lowest BCUT2D eigenvalue weighted by Gasteiger charge is -2.36. The maximum absolute atomic E-state index is 14.1. The molecule has 60 heavy (non-hydrogen) atoms. The smallest absolute Gasteiger partial charge is 0.326 e. The Morgan fingerprint density at radius 1 is 0.933 bits per heavy atom. The molecule has 2 aromatic rings. The molecular formula is C45H52N4O11. The fraction of sp³-hybridized carbons (Fsp3) is 0.400. The number of ketones is 2. The Labute approximate surface area is 348 Å². The van der Waals surface area contributed by atoms with Crippen molar-refractivity contribution in [3.8, 4) is 11.1 Å². The predicted molar refractivity (Wildman–Crippen MR) is 220 cm³/mol. The Bertz CT molecular complexity index is 2120. The van der Waals surface area contributed by atoms with E-state index in [9.17, 15) is 54.0 Å². The number of aliphatic hydroxyl groups is 3. The van der Waals surface area contributed by atoms with Crippen LogP contribution in [0.1, 0.15) is 62.7 Å². The normalized spacial score (nSPS) is 22.9. The molecule has 0 aromatic heterocycles. The minimum atomic E-state index is -1.33. The summed E-state index contributed by atoms with van der Waals surface area (Å²) < 4.78 is 0. The van der Waals surface area contributed by atoms with Crippen molar-refractivity contribution in [2.75, 3.05) is 20.7 Å². The molecule has 1 heterocycles. The molecule has 0 fully saturated rings. The number of hydrogen-bond donors (Lipinski definition) is 6. The molecular weight excluding hydrogens is 773 g/mol. The molecule has 0 saturated heterocycles. The number of aliphatic carboxylic acids is 1. The second-order valence-corrected chi connectivity index (χ2v) is 15.6. The fourth-order valence-corrected chi connectivity index (χ4v) is 7.72. The molecule has 4 bridgehead atoms. The third-order valence-electron chi connectivity index (χ3n) is 11.4. The van der Waals surface area contributed by atoms with Crippen LogP contribution in [0.5, 0.6) is 0 Å². The second-order valence-electron chi connectivity index (χ2n) is 15.6. The van der Waals surface area contributed by atoms with Gasteiger partial charge in [-0.05, 0) is 60.2 Å². The van der Waals surface area contributed by atoms with E-state index in [0.29, 0.717) is 16.7 Å². The fourth-order valence-electron chi connectivity index (χ4n) is 7.72. The van der Waals surface area contributed by atoms with E-state index in [1.54, 1.807) is 42.5 Å². The molecule has 2 aliphatic carbocycles. The average Bonchev–Trinajstić information content (AvgIpc) is 3.23. The van der Waals surface area contributed by atoms with Gasteiger partial charge in [0.2, 0.25) is 17.7 Å². The number of Topliss-reactive ketones (excluding diaryl/α,β-unsaturated/α-hetero) is 2. The number of carbonyl (C=O) groups is 7. The highest BCUT2D eigenvalue weighted by atomic mass is 16.4. The summed E-state index contributed by atoms with van der Waals surface area (Å²) in [7, 11) is 2.76. The molecule has 0 radical (unpaired) electrons. The van der Waals surface area contributed by atoms with Gasteiger partial charge in [0, 0.05) is 62.8 Å². The molecule has 6 N–H and O–H groups in total. The van der Waals surface area contributed by atoms with E-state index >= 15 is 0 Å². The van der Waals surface area contributed by atoms with Crippen LogP contribution in [0.15, 0.2) is 101 Å². The number of nitrogens with one attached hydrogen (secondary N) is 2. The second kappa shape index (κ2) is 19.7. The first-order chi connectivity index (χ1) is 28.5. The summed E-state index contributed by atoms with van der Waals surface area (Å²) >= 11 is 0. The summed E-state index contributed by atoms with van der Waals surface area (Å²) in [5, 5.41) is 46.9. The van der Waals surface area contributed by atoms with E-state index in [1.165, 1.54) is 38.9 Å². The third-order valence-corrected chi connectivity index (χ3v) is 11.4. The maximum Gasteiger partial charge on any atom is 0.326 e. The highest BCUT2D eigenvalue weighted by Gasteiger charge is 2.39. The van der Waals surface area contributed by atoms with E-state index in [2.05, 4.69) is 10.6 Å². The van der Waals surface area contributed by atoms with Gasteiger partial charge < -0.3 is 40.9 Å². The van der Waals surface area contributed by atoms with Crippen LogP contribution in [0.2, 0.25) is 0 Å². The number of likely N-dealkylation sites (N-methyl/N-ethyl adjacent to an activating group) is 2. The molecule has 15 heteroatoms. The van der Waals surface area contributed by atoms with Crippen LogP contribution in [0.3, 0.4) is 0 Å². The lowest BCUT2D eigenvalue weighted by molar-refractivity contribution is -0.143. The number of carbonyl (C=O) groups excluding carboxylic acids is 6. The third kappa shape index (κ3) is 10.5. The van der Waals surface area contributed by atoms with E-state index < -0.39 is 89.9 Å². The summed E-state index contributed by atoms with van der Waals surface area (Å²) in [6.45, 7) is 2.16. The Hall–Kier alpha value is -6.19. The monoisotopic (exact) mass is 824 g/mol. The minimum Gasteiger partial charge on any atom is -0.508 e. The van der Waals surface area contributed by atoms with Gasteiger partial charge in [0.1, 0.15) is 17.8 Å². The lowest BCUT2D eigenvalue weighted by atomic mass is 9.78. The zero-order valence-corrected chi connectivity index (χ0v) is 34.0. The largest absolute Gasteiger partial charge is 0.508 e. The van der Waals surface area contributed by atoms with Gasteiger partial charge in [0.25, 0.3) is 5.91 Å². The zero-order chi connectivity index (χ0) is 43.8. The van der Waals surface area contributed by atoms with Crippen molar-refractivity contribution < 1.29 is 54.0 Å². The van der Waals surface area contributed by atoms with Crippen molar-refractivity contribution in [3.63, 3.8) is 0 Å². The maximum atomic E-state index is 14.1. The van der Waals surface area contributed by atoms with E-state index in [-0.39, 0.29) is 49.8 Å². The highest BCUT2D eigenvalue weighted by molar-refractivity contribution is 5.99. The van der Waals surface area contributed by atoms with E-state index in [4.69, 9.17) is 0 Å².